The number of hydrogen-bond donors (Lipinski definition) is 0. The smallest absolute Gasteiger partial charge is 0.119 e. The molecule has 78 valence electrons. The van der Waals surface area contributed by atoms with Gasteiger partial charge in [-0.25, -0.2) is 0 Å². The summed E-state index contributed by atoms with van der Waals surface area (Å²) in [5.74, 6) is 0.931. The fourth-order valence-corrected chi connectivity index (χ4v) is 2.21. The molecular formula is C12H18OS. The van der Waals surface area contributed by atoms with Crippen molar-refractivity contribution in [3.63, 3.8) is 0 Å². The first-order chi connectivity index (χ1) is 6.42. The van der Waals surface area contributed by atoms with Gasteiger partial charge in [-0.3, -0.25) is 0 Å². The molecule has 0 saturated carbocycles. The third-order valence-corrected chi connectivity index (χ3v) is 3.09. The summed E-state index contributed by atoms with van der Waals surface area (Å²) in [5, 5.41) is 0. The summed E-state index contributed by atoms with van der Waals surface area (Å²) in [6, 6.07) is 6.22. The van der Waals surface area contributed by atoms with E-state index >= 15 is 0 Å². The van der Waals surface area contributed by atoms with Crippen LogP contribution >= 0.6 is 11.8 Å². The van der Waals surface area contributed by atoms with Gasteiger partial charge in [-0.2, -0.15) is 0 Å². The molecule has 1 aromatic carbocycles. The molecule has 0 atom stereocenters. The first-order valence-corrected chi connectivity index (χ1v) is 5.58. The minimum Gasteiger partial charge on any atom is -0.497 e. The van der Waals surface area contributed by atoms with E-state index in [4.69, 9.17) is 4.74 Å². The lowest BCUT2D eigenvalue weighted by molar-refractivity contribution is 0.414. The molecule has 0 unspecified atom stereocenters. The fraction of sp³-hybridized carbons (Fsp3) is 0.500. The van der Waals surface area contributed by atoms with Crippen molar-refractivity contribution in [3.05, 3.63) is 23.8 Å². The van der Waals surface area contributed by atoms with Gasteiger partial charge >= 0.3 is 0 Å². The SMILES string of the molecule is COc1ccc(SC(C)(C)C)c(C)c1. The normalized spacial score (nSPS) is 11.5. The molecule has 0 aliphatic carbocycles. The molecule has 0 aliphatic heterocycles. The molecule has 1 nitrogen and oxygen atoms in total. The van der Waals surface area contributed by atoms with Crippen LogP contribution < -0.4 is 4.74 Å². The second-order valence-electron chi connectivity index (χ2n) is 4.35. The van der Waals surface area contributed by atoms with Crippen molar-refractivity contribution in [3.8, 4) is 5.75 Å². The molecule has 0 spiro atoms. The van der Waals surface area contributed by atoms with E-state index in [-0.39, 0.29) is 4.75 Å². The van der Waals surface area contributed by atoms with Gasteiger partial charge in [0.15, 0.2) is 0 Å². The molecule has 14 heavy (non-hydrogen) atoms. The summed E-state index contributed by atoms with van der Waals surface area (Å²) in [7, 11) is 1.70. The van der Waals surface area contributed by atoms with Crippen LogP contribution in [0, 0.1) is 6.92 Å². The molecule has 0 radical (unpaired) electrons. The van der Waals surface area contributed by atoms with E-state index in [1.165, 1.54) is 10.5 Å². The van der Waals surface area contributed by atoms with Crippen LogP contribution in [-0.4, -0.2) is 11.9 Å². The summed E-state index contributed by atoms with van der Waals surface area (Å²) in [6.45, 7) is 8.79. The Balaban J connectivity index is 2.89. The molecule has 0 fully saturated rings. The van der Waals surface area contributed by atoms with Gasteiger partial charge in [0.05, 0.1) is 7.11 Å². The van der Waals surface area contributed by atoms with Crippen LogP contribution in [0.1, 0.15) is 26.3 Å². The van der Waals surface area contributed by atoms with E-state index in [0.29, 0.717) is 0 Å². The number of rotatable bonds is 2. The second kappa shape index (κ2) is 4.26. The highest BCUT2D eigenvalue weighted by atomic mass is 32.2. The second-order valence-corrected chi connectivity index (χ2v) is 6.21. The fourth-order valence-electron chi connectivity index (χ4n) is 1.19. The Bertz CT molecular complexity index is 313. The van der Waals surface area contributed by atoms with Gasteiger partial charge in [0.2, 0.25) is 0 Å². The van der Waals surface area contributed by atoms with Crippen LogP contribution in [0.2, 0.25) is 0 Å². The molecule has 0 aromatic heterocycles. The number of thioether (sulfide) groups is 1. The number of benzene rings is 1. The predicted octanol–water partition coefficient (Wildman–Crippen LogP) is 3.89. The lowest BCUT2D eigenvalue weighted by Gasteiger charge is -2.19. The van der Waals surface area contributed by atoms with Gasteiger partial charge in [-0.05, 0) is 30.7 Å². The molecular weight excluding hydrogens is 192 g/mol. The van der Waals surface area contributed by atoms with Crippen LogP contribution in [0.3, 0.4) is 0 Å². The van der Waals surface area contributed by atoms with E-state index in [2.05, 4.69) is 39.8 Å². The third kappa shape index (κ3) is 3.26. The highest BCUT2D eigenvalue weighted by molar-refractivity contribution is 8.00. The van der Waals surface area contributed by atoms with Gasteiger partial charge in [0, 0.05) is 9.64 Å². The van der Waals surface area contributed by atoms with Crippen LogP contribution in [0.5, 0.6) is 5.75 Å². The molecule has 0 amide bonds. The highest BCUT2D eigenvalue weighted by Crippen LogP contribution is 2.35. The zero-order valence-corrected chi connectivity index (χ0v) is 10.4. The van der Waals surface area contributed by atoms with Gasteiger partial charge in [0.25, 0.3) is 0 Å². The summed E-state index contributed by atoms with van der Waals surface area (Å²) >= 11 is 1.89. The Labute approximate surface area is 90.9 Å². The Hall–Kier alpha value is -0.630. The largest absolute Gasteiger partial charge is 0.497 e. The van der Waals surface area contributed by atoms with Crippen LogP contribution in [0.15, 0.2) is 23.1 Å². The lowest BCUT2D eigenvalue weighted by atomic mass is 10.2. The minimum atomic E-state index is 0.263. The standard InChI is InChI=1S/C12H18OS/c1-9-8-10(13-5)6-7-11(9)14-12(2,3)4/h6-8H,1-5H3. The number of hydrogen-bond acceptors (Lipinski definition) is 2. The maximum absolute atomic E-state index is 5.17. The molecule has 0 aliphatic rings. The first-order valence-electron chi connectivity index (χ1n) is 4.76. The van der Waals surface area contributed by atoms with E-state index in [1.54, 1.807) is 7.11 Å². The molecule has 0 bridgehead atoms. The van der Waals surface area contributed by atoms with E-state index < -0.39 is 0 Å². The number of methoxy groups -OCH3 is 1. The maximum atomic E-state index is 5.17. The van der Waals surface area contributed by atoms with Crippen molar-refractivity contribution in [1.29, 1.82) is 0 Å². The van der Waals surface area contributed by atoms with Crippen molar-refractivity contribution in [2.75, 3.05) is 7.11 Å². The average molecular weight is 210 g/mol. The van der Waals surface area contributed by atoms with E-state index in [1.807, 2.05) is 17.8 Å². The summed E-state index contributed by atoms with van der Waals surface area (Å²) in [5.41, 5.74) is 1.28. The van der Waals surface area contributed by atoms with Crippen molar-refractivity contribution in [1.82, 2.24) is 0 Å². The summed E-state index contributed by atoms with van der Waals surface area (Å²) in [6.07, 6.45) is 0. The topological polar surface area (TPSA) is 9.23 Å². The Morgan fingerprint density at radius 2 is 1.86 bits per heavy atom. The number of ether oxygens (including phenoxy) is 1. The zero-order valence-electron chi connectivity index (χ0n) is 9.55. The molecule has 1 rings (SSSR count). The van der Waals surface area contributed by atoms with Crippen LogP contribution in [-0.2, 0) is 0 Å². The average Bonchev–Trinajstić information content (AvgIpc) is 2.06. The Morgan fingerprint density at radius 1 is 1.21 bits per heavy atom. The highest BCUT2D eigenvalue weighted by Gasteiger charge is 2.13. The Kier molecular flexibility index (Phi) is 3.48. The van der Waals surface area contributed by atoms with Crippen LogP contribution in [0.25, 0.3) is 0 Å². The molecule has 2 heteroatoms. The zero-order chi connectivity index (χ0) is 10.8. The summed E-state index contributed by atoms with van der Waals surface area (Å²) < 4.78 is 5.43. The Morgan fingerprint density at radius 3 is 2.29 bits per heavy atom. The first kappa shape index (κ1) is 11.4. The van der Waals surface area contributed by atoms with E-state index in [9.17, 15) is 0 Å². The molecule has 1 aromatic rings. The van der Waals surface area contributed by atoms with Gasteiger partial charge < -0.3 is 4.74 Å². The lowest BCUT2D eigenvalue weighted by Crippen LogP contribution is -2.07. The third-order valence-electron chi connectivity index (χ3n) is 1.80. The van der Waals surface area contributed by atoms with Crippen LogP contribution in [0.4, 0.5) is 0 Å². The maximum Gasteiger partial charge on any atom is 0.119 e. The predicted molar refractivity (Wildman–Crippen MR) is 63.3 cm³/mol. The minimum absolute atomic E-state index is 0.263. The van der Waals surface area contributed by atoms with Crippen molar-refractivity contribution in [2.45, 2.75) is 37.3 Å². The quantitative estimate of drug-likeness (QED) is 0.685. The van der Waals surface area contributed by atoms with Crippen molar-refractivity contribution >= 4 is 11.8 Å². The molecule has 0 N–H and O–H groups in total. The molecule has 0 heterocycles. The van der Waals surface area contributed by atoms with Gasteiger partial charge in [-0.1, -0.05) is 20.8 Å². The van der Waals surface area contributed by atoms with E-state index in [0.717, 1.165) is 5.75 Å². The number of aryl methyl sites for hydroxylation is 1. The van der Waals surface area contributed by atoms with Crippen molar-refractivity contribution in [2.24, 2.45) is 0 Å². The van der Waals surface area contributed by atoms with Gasteiger partial charge in [0.1, 0.15) is 5.75 Å². The monoisotopic (exact) mass is 210 g/mol. The molecule has 0 saturated heterocycles. The van der Waals surface area contributed by atoms with Gasteiger partial charge in [-0.15, -0.1) is 11.8 Å². The van der Waals surface area contributed by atoms with Crippen molar-refractivity contribution < 1.29 is 4.74 Å². The summed E-state index contributed by atoms with van der Waals surface area (Å²) in [4.78, 5) is 1.33.